The number of carbonyl (C=O) groups is 1. The number of sulfone groups is 1. The molecule has 0 aliphatic carbocycles. The van der Waals surface area contributed by atoms with Gasteiger partial charge in [-0.15, -0.1) is 0 Å². The number of anilines is 1. The lowest BCUT2D eigenvalue weighted by Crippen LogP contribution is -2.19. The van der Waals surface area contributed by atoms with Crippen LogP contribution in [0.2, 0.25) is 0 Å². The average molecular weight is 320 g/mol. The Labute approximate surface area is 110 Å². The standard InChI is InChI=1S/C11H14BrNO3S/c1-8(2)17(15,16)10-6-4-9(5-7-10)13(3)11(12)14/h4-8H,1-3H3. The van der Waals surface area contributed by atoms with Gasteiger partial charge < -0.3 is 4.90 Å². The second-order valence-electron chi connectivity index (χ2n) is 3.90. The first kappa shape index (κ1) is 14.2. The Morgan fingerprint density at radius 2 is 1.71 bits per heavy atom. The fourth-order valence-corrected chi connectivity index (χ4v) is 2.50. The number of rotatable bonds is 3. The summed E-state index contributed by atoms with van der Waals surface area (Å²) < 4.78 is 23.7. The lowest BCUT2D eigenvalue weighted by Gasteiger charge is -2.14. The van der Waals surface area contributed by atoms with Crippen molar-refractivity contribution in [2.45, 2.75) is 24.0 Å². The van der Waals surface area contributed by atoms with Crippen molar-refractivity contribution in [2.24, 2.45) is 0 Å². The highest BCUT2D eigenvalue weighted by Crippen LogP contribution is 2.21. The van der Waals surface area contributed by atoms with Gasteiger partial charge in [0.1, 0.15) is 0 Å². The molecule has 0 heterocycles. The monoisotopic (exact) mass is 319 g/mol. The third kappa shape index (κ3) is 3.07. The van der Waals surface area contributed by atoms with E-state index in [2.05, 4.69) is 15.9 Å². The molecule has 0 bridgehead atoms. The fraction of sp³-hybridized carbons (Fsp3) is 0.364. The maximum Gasteiger partial charge on any atom is 0.293 e. The highest BCUT2D eigenvalue weighted by molar-refractivity contribution is 9.18. The molecule has 0 aliphatic rings. The molecule has 6 heteroatoms. The zero-order valence-corrected chi connectivity index (χ0v) is 12.2. The summed E-state index contributed by atoms with van der Waals surface area (Å²) in [5, 5.41) is -0.455. The number of hydrogen-bond acceptors (Lipinski definition) is 3. The zero-order chi connectivity index (χ0) is 13.2. The number of benzene rings is 1. The van der Waals surface area contributed by atoms with Crippen LogP contribution >= 0.6 is 15.9 Å². The number of amides is 1. The Bertz CT molecular complexity index is 508. The van der Waals surface area contributed by atoms with E-state index >= 15 is 0 Å². The van der Waals surface area contributed by atoms with Gasteiger partial charge in [-0.1, -0.05) is 0 Å². The molecule has 1 amide bonds. The van der Waals surface area contributed by atoms with Gasteiger partial charge >= 0.3 is 0 Å². The van der Waals surface area contributed by atoms with Crippen LogP contribution in [0.25, 0.3) is 0 Å². The van der Waals surface area contributed by atoms with Gasteiger partial charge in [-0.25, -0.2) is 8.42 Å². The van der Waals surface area contributed by atoms with E-state index in [0.29, 0.717) is 5.69 Å². The van der Waals surface area contributed by atoms with Gasteiger partial charge in [-0.3, -0.25) is 4.79 Å². The van der Waals surface area contributed by atoms with Crippen molar-refractivity contribution < 1.29 is 13.2 Å². The second-order valence-corrected chi connectivity index (χ2v) is 7.08. The molecule has 0 saturated carbocycles. The topological polar surface area (TPSA) is 54.5 Å². The maximum atomic E-state index is 11.9. The molecule has 94 valence electrons. The van der Waals surface area contributed by atoms with Crippen LogP contribution in [0, 0.1) is 0 Å². The summed E-state index contributed by atoms with van der Waals surface area (Å²) in [6.07, 6.45) is 0. The van der Waals surface area contributed by atoms with Gasteiger partial charge in [0.05, 0.1) is 10.1 Å². The van der Waals surface area contributed by atoms with Crippen molar-refractivity contribution in [3.8, 4) is 0 Å². The predicted molar refractivity (Wildman–Crippen MR) is 71.5 cm³/mol. The summed E-state index contributed by atoms with van der Waals surface area (Å²) in [7, 11) is -1.65. The molecule has 0 N–H and O–H groups in total. The van der Waals surface area contributed by atoms with E-state index in [1.165, 1.54) is 17.0 Å². The molecule has 0 spiro atoms. The van der Waals surface area contributed by atoms with Crippen molar-refractivity contribution in [3.63, 3.8) is 0 Å². The van der Waals surface area contributed by atoms with Crippen LogP contribution in [-0.2, 0) is 9.84 Å². The second kappa shape index (κ2) is 5.18. The molecule has 4 nitrogen and oxygen atoms in total. The summed E-state index contributed by atoms with van der Waals surface area (Å²) in [4.78, 5) is 12.4. The minimum atomic E-state index is -3.25. The van der Waals surface area contributed by atoms with E-state index in [-0.39, 0.29) is 9.71 Å². The highest BCUT2D eigenvalue weighted by atomic mass is 79.9. The number of hydrogen-bond donors (Lipinski definition) is 0. The molecule has 0 aliphatic heterocycles. The lowest BCUT2D eigenvalue weighted by molar-refractivity contribution is 0.267. The Hall–Kier alpha value is -0.880. The minimum absolute atomic E-state index is 0.270. The summed E-state index contributed by atoms with van der Waals surface area (Å²) >= 11 is 2.83. The zero-order valence-electron chi connectivity index (χ0n) is 9.84. The van der Waals surface area contributed by atoms with E-state index in [4.69, 9.17) is 0 Å². The molecule has 0 saturated heterocycles. The van der Waals surface area contributed by atoms with Crippen LogP contribution in [0.5, 0.6) is 0 Å². The van der Waals surface area contributed by atoms with Gasteiger partial charge in [-0.2, -0.15) is 0 Å². The number of halogens is 1. The highest BCUT2D eigenvalue weighted by Gasteiger charge is 2.19. The van der Waals surface area contributed by atoms with Crippen molar-refractivity contribution in [1.82, 2.24) is 0 Å². The van der Waals surface area contributed by atoms with E-state index in [1.807, 2.05) is 0 Å². The van der Waals surface area contributed by atoms with Crippen molar-refractivity contribution in [2.75, 3.05) is 11.9 Å². The van der Waals surface area contributed by atoms with E-state index in [9.17, 15) is 13.2 Å². The molecule has 1 aromatic carbocycles. The summed E-state index contributed by atoms with van der Waals surface area (Å²) in [6.45, 7) is 3.27. The van der Waals surface area contributed by atoms with Crippen LogP contribution in [0.4, 0.5) is 10.5 Å². The molecule has 0 fully saturated rings. The van der Waals surface area contributed by atoms with Crippen LogP contribution in [0.3, 0.4) is 0 Å². The largest absolute Gasteiger partial charge is 0.306 e. The third-order valence-electron chi connectivity index (χ3n) is 2.44. The Morgan fingerprint density at radius 3 is 2.06 bits per heavy atom. The van der Waals surface area contributed by atoms with Crippen LogP contribution in [0.15, 0.2) is 29.2 Å². The first-order chi connectivity index (χ1) is 7.76. The SMILES string of the molecule is CC(C)S(=O)(=O)c1ccc(N(C)C(=O)Br)cc1. The Morgan fingerprint density at radius 1 is 1.24 bits per heavy atom. The molecule has 17 heavy (non-hydrogen) atoms. The number of nitrogens with zero attached hydrogens (tertiary/aromatic N) is 1. The van der Waals surface area contributed by atoms with Crippen molar-refractivity contribution >= 4 is 36.3 Å². The Kier molecular flexibility index (Phi) is 4.32. The lowest BCUT2D eigenvalue weighted by atomic mass is 10.3. The molecule has 0 unspecified atom stereocenters. The smallest absolute Gasteiger partial charge is 0.293 e. The minimum Gasteiger partial charge on any atom is -0.306 e. The van der Waals surface area contributed by atoms with Gasteiger partial charge in [0.2, 0.25) is 0 Å². The predicted octanol–water partition coefficient (Wildman–Crippen LogP) is 2.82. The van der Waals surface area contributed by atoms with Crippen LogP contribution in [0.1, 0.15) is 13.8 Å². The molecule has 1 rings (SSSR count). The maximum absolute atomic E-state index is 11.9. The Balaban J connectivity index is 3.09. The molecular weight excluding hydrogens is 306 g/mol. The average Bonchev–Trinajstić information content (AvgIpc) is 2.27. The quantitative estimate of drug-likeness (QED) is 0.636. The van der Waals surface area contributed by atoms with Gasteiger partial charge in [0, 0.05) is 28.7 Å². The molecular formula is C11H14BrNO3S. The molecule has 0 atom stereocenters. The molecule has 0 radical (unpaired) electrons. The summed E-state index contributed by atoms with van der Waals surface area (Å²) in [6, 6.07) is 6.23. The van der Waals surface area contributed by atoms with Crippen molar-refractivity contribution in [1.29, 1.82) is 0 Å². The van der Waals surface area contributed by atoms with Gasteiger partial charge in [0.15, 0.2) is 9.84 Å². The normalized spacial score (nSPS) is 11.6. The van der Waals surface area contributed by atoms with E-state index in [1.54, 1.807) is 33.0 Å². The van der Waals surface area contributed by atoms with Crippen LogP contribution in [-0.4, -0.2) is 25.5 Å². The van der Waals surface area contributed by atoms with Gasteiger partial charge in [0.25, 0.3) is 4.82 Å². The summed E-state index contributed by atoms with van der Waals surface area (Å²) in [5.74, 6) is 0. The first-order valence-corrected chi connectivity index (χ1v) is 7.38. The molecule has 0 aromatic heterocycles. The van der Waals surface area contributed by atoms with Gasteiger partial charge in [-0.05, 0) is 38.1 Å². The molecule has 1 aromatic rings. The summed E-state index contributed by atoms with van der Waals surface area (Å²) in [5.41, 5.74) is 0.634. The number of carbonyl (C=O) groups excluding carboxylic acids is 1. The van der Waals surface area contributed by atoms with Crippen molar-refractivity contribution in [3.05, 3.63) is 24.3 Å². The van der Waals surface area contributed by atoms with E-state index < -0.39 is 15.1 Å². The third-order valence-corrected chi connectivity index (χ3v) is 5.14. The first-order valence-electron chi connectivity index (χ1n) is 5.04. The fourth-order valence-electron chi connectivity index (χ4n) is 1.23. The van der Waals surface area contributed by atoms with Crippen LogP contribution < -0.4 is 4.90 Å². The van der Waals surface area contributed by atoms with E-state index in [0.717, 1.165) is 0 Å².